The lowest BCUT2D eigenvalue weighted by molar-refractivity contribution is 0.0947. The van der Waals surface area contributed by atoms with Gasteiger partial charge in [-0.3, -0.25) is 9.69 Å². The summed E-state index contributed by atoms with van der Waals surface area (Å²) < 4.78 is 2.30. The molecule has 0 atom stereocenters. The molecule has 1 N–H and O–H groups in total. The summed E-state index contributed by atoms with van der Waals surface area (Å²) in [7, 11) is 0. The molecule has 0 radical (unpaired) electrons. The maximum atomic E-state index is 12.4. The molecule has 1 amide bonds. The molecule has 1 aromatic heterocycles. The summed E-state index contributed by atoms with van der Waals surface area (Å²) in [5.74, 6) is 1.01. The van der Waals surface area contributed by atoms with Crippen molar-refractivity contribution in [2.24, 2.45) is 0 Å². The minimum Gasteiger partial charge on any atom is -0.351 e. The van der Waals surface area contributed by atoms with Crippen molar-refractivity contribution < 1.29 is 4.79 Å². The lowest BCUT2D eigenvalue weighted by Crippen LogP contribution is -2.48. The molecule has 0 bridgehead atoms. The van der Waals surface area contributed by atoms with Gasteiger partial charge in [0.25, 0.3) is 5.91 Å². The van der Waals surface area contributed by atoms with Gasteiger partial charge in [-0.2, -0.15) is 0 Å². The van der Waals surface area contributed by atoms with Crippen molar-refractivity contribution in [1.82, 2.24) is 15.2 Å². The Morgan fingerprint density at radius 1 is 1.19 bits per heavy atom. The maximum Gasteiger partial charge on any atom is 0.251 e. The van der Waals surface area contributed by atoms with Gasteiger partial charge in [-0.15, -0.1) is 24.2 Å². The summed E-state index contributed by atoms with van der Waals surface area (Å²) in [5, 5.41) is 4.16. The lowest BCUT2D eigenvalue weighted by Gasteiger charge is -2.34. The number of thiazole rings is 1. The number of rotatable bonds is 7. The van der Waals surface area contributed by atoms with Crippen LogP contribution < -0.4 is 10.2 Å². The fraction of sp³-hybridized carbons (Fsp3) is 0.364. The third kappa shape index (κ3) is 6.35. The lowest BCUT2D eigenvalue weighted by atomic mass is 10.2. The second kappa shape index (κ2) is 11.5. The van der Waals surface area contributed by atoms with Crippen LogP contribution in [-0.2, 0) is 0 Å². The van der Waals surface area contributed by atoms with Gasteiger partial charge in [0.05, 0.1) is 10.2 Å². The number of nitrogens with one attached hydrogen (secondary N) is 1. The highest BCUT2D eigenvalue weighted by Gasteiger charge is 2.20. The summed E-state index contributed by atoms with van der Waals surface area (Å²) in [4.78, 5) is 23.1. The monoisotopic (exact) mass is 540 g/mol. The first-order chi connectivity index (χ1) is 14.6. The van der Waals surface area contributed by atoms with E-state index in [1.807, 2.05) is 24.3 Å². The molecule has 5 nitrogen and oxygen atoms in total. The van der Waals surface area contributed by atoms with Gasteiger partial charge in [0, 0.05) is 54.2 Å². The maximum absolute atomic E-state index is 12.4. The fourth-order valence-corrected chi connectivity index (χ4v) is 5.80. The first kappa shape index (κ1) is 24.3. The molecule has 9 heteroatoms. The first-order valence-electron chi connectivity index (χ1n) is 10.2. The average Bonchev–Trinajstić information content (AvgIpc) is 3.18. The number of carbonyl (C=O) groups is 1. The van der Waals surface area contributed by atoms with Crippen LogP contribution in [0.4, 0.5) is 5.13 Å². The number of piperazine rings is 1. The Morgan fingerprint density at radius 3 is 2.77 bits per heavy atom. The number of amides is 1. The van der Waals surface area contributed by atoms with Gasteiger partial charge in [0.15, 0.2) is 5.13 Å². The van der Waals surface area contributed by atoms with Crippen molar-refractivity contribution in [2.45, 2.75) is 11.8 Å². The number of carbonyl (C=O) groups excluding carboxylic acids is 1. The van der Waals surface area contributed by atoms with Crippen LogP contribution in [0.2, 0.25) is 0 Å². The number of halogens is 2. The van der Waals surface area contributed by atoms with Gasteiger partial charge in [-0.25, -0.2) is 4.98 Å². The molecule has 4 rings (SSSR count). The smallest absolute Gasteiger partial charge is 0.251 e. The van der Waals surface area contributed by atoms with Crippen molar-refractivity contribution in [1.29, 1.82) is 0 Å². The number of aromatic nitrogens is 1. The standard InChI is InChI=1S/C22H25BrN4OS2.ClH/c1-2-29-18-5-3-4-16(14-18)21(28)24-8-9-26-10-12-27(13-11-26)22-25-19-7-6-17(23)15-20(19)30-22;/h3-7,14-15H,2,8-13H2,1H3,(H,24,28);1H. The van der Waals surface area contributed by atoms with Crippen LogP contribution in [0.25, 0.3) is 10.2 Å². The number of benzene rings is 2. The molecule has 1 fully saturated rings. The second-order valence-corrected chi connectivity index (χ2v) is 10.4. The summed E-state index contributed by atoms with van der Waals surface area (Å²) in [5.41, 5.74) is 1.80. The first-order valence-corrected chi connectivity index (χ1v) is 12.8. The van der Waals surface area contributed by atoms with Gasteiger partial charge < -0.3 is 10.2 Å². The number of hydrogen-bond donors (Lipinski definition) is 1. The zero-order valence-corrected chi connectivity index (χ0v) is 21.4. The highest BCUT2D eigenvalue weighted by Crippen LogP contribution is 2.31. The number of anilines is 1. The van der Waals surface area contributed by atoms with E-state index in [0.29, 0.717) is 6.54 Å². The van der Waals surface area contributed by atoms with Gasteiger partial charge in [-0.1, -0.05) is 40.3 Å². The Labute approximate surface area is 206 Å². The Hall–Kier alpha value is -1.32. The fourth-order valence-electron chi connectivity index (χ4n) is 3.51. The number of nitrogens with zero attached hydrogens (tertiary/aromatic N) is 3. The van der Waals surface area contributed by atoms with Crippen LogP contribution >= 0.6 is 51.4 Å². The van der Waals surface area contributed by atoms with E-state index < -0.39 is 0 Å². The molecular formula is C22H26BrClN4OS2. The van der Waals surface area contributed by atoms with Crippen molar-refractivity contribution >= 4 is 72.7 Å². The minimum atomic E-state index is 0. The van der Waals surface area contributed by atoms with E-state index in [1.54, 1.807) is 23.1 Å². The highest BCUT2D eigenvalue weighted by molar-refractivity contribution is 9.10. The molecule has 2 aromatic carbocycles. The summed E-state index contributed by atoms with van der Waals surface area (Å²) in [6, 6.07) is 14.1. The molecule has 1 aliphatic heterocycles. The van der Waals surface area contributed by atoms with Crippen molar-refractivity contribution in [3.8, 4) is 0 Å². The SMILES string of the molecule is CCSc1cccc(C(=O)NCCN2CCN(c3nc4ccc(Br)cc4s3)CC2)c1.Cl. The third-order valence-corrected chi connectivity index (χ3v) is 7.55. The van der Waals surface area contributed by atoms with Crippen molar-refractivity contribution in [3.63, 3.8) is 0 Å². The Bertz CT molecular complexity index is 1020. The molecule has 0 aliphatic carbocycles. The van der Waals surface area contributed by atoms with E-state index in [2.05, 4.69) is 56.2 Å². The predicted molar refractivity (Wildman–Crippen MR) is 138 cm³/mol. The zero-order chi connectivity index (χ0) is 20.9. The largest absolute Gasteiger partial charge is 0.351 e. The Kier molecular flexibility index (Phi) is 9.04. The Balaban J connectivity index is 0.00000272. The van der Waals surface area contributed by atoms with E-state index >= 15 is 0 Å². The van der Waals surface area contributed by atoms with E-state index in [9.17, 15) is 4.79 Å². The number of hydrogen-bond acceptors (Lipinski definition) is 6. The summed E-state index contributed by atoms with van der Waals surface area (Å²) in [6.07, 6.45) is 0. The molecule has 2 heterocycles. The van der Waals surface area contributed by atoms with Crippen molar-refractivity contribution in [3.05, 3.63) is 52.5 Å². The van der Waals surface area contributed by atoms with Crippen LogP contribution in [0.5, 0.6) is 0 Å². The van der Waals surface area contributed by atoms with Gasteiger partial charge >= 0.3 is 0 Å². The van der Waals surface area contributed by atoms with Crippen LogP contribution in [0.1, 0.15) is 17.3 Å². The number of fused-ring (bicyclic) bond motifs is 1. The molecule has 0 saturated carbocycles. The van der Waals surface area contributed by atoms with E-state index in [-0.39, 0.29) is 18.3 Å². The van der Waals surface area contributed by atoms with Crippen LogP contribution in [-0.4, -0.2) is 60.8 Å². The second-order valence-electron chi connectivity index (χ2n) is 7.15. The van der Waals surface area contributed by atoms with Gasteiger partial charge in [0.1, 0.15) is 0 Å². The predicted octanol–water partition coefficient (Wildman–Crippen LogP) is 5.14. The molecule has 166 valence electrons. The molecule has 3 aromatic rings. The molecule has 31 heavy (non-hydrogen) atoms. The number of thioether (sulfide) groups is 1. The van der Waals surface area contributed by atoms with E-state index in [4.69, 9.17) is 4.98 Å². The third-order valence-electron chi connectivity index (χ3n) is 5.10. The van der Waals surface area contributed by atoms with Gasteiger partial charge in [-0.05, 0) is 42.2 Å². The highest BCUT2D eigenvalue weighted by atomic mass is 79.9. The summed E-state index contributed by atoms with van der Waals surface area (Å²) >= 11 is 7.04. The van der Waals surface area contributed by atoms with E-state index in [1.165, 1.54) is 4.70 Å². The Morgan fingerprint density at radius 2 is 2.00 bits per heavy atom. The minimum absolute atomic E-state index is 0. The quantitative estimate of drug-likeness (QED) is 0.420. The van der Waals surface area contributed by atoms with Crippen LogP contribution in [0.3, 0.4) is 0 Å². The molecule has 0 unspecified atom stereocenters. The molecule has 1 aliphatic rings. The van der Waals surface area contributed by atoms with Crippen LogP contribution in [0.15, 0.2) is 51.8 Å². The molecule has 1 saturated heterocycles. The van der Waals surface area contributed by atoms with Crippen LogP contribution in [0, 0.1) is 0 Å². The zero-order valence-electron chi connectivity index (χ0n) is 17.3. The average molecular weight is 542 g/mol. The summed E-state index contributed by atoms with van der Waals surface area (Å²) in [6.45, 7) is 7.55. The van der Waals surface area contributed by atoms with Gasteiger partial charge in [0.2, 0.25) is 0 Å². The van der Waals surface area contributed by atoms with E-state index in [0.717, 1.165) is 64.1 Å². The topological polar surface area (TPSA) is 48.5 Å². The van der Waals surface area contributed by atoms with Crippen molar-refractivity contribution in [2.75, 3.05) is 49.9 Å². The normalized spacial score (nSPS) is 14.5. The molecule has 0 spiro atoms. The molecular weight excluding hydrogens is 516 g/mol.